The van der Waals surface area contributed by atoms with Gasteiger partial charge in [-0.2, -0.15) is 0 Å². The molecule has 3 heteroatoms. The molecule has 0 amide bonds. The third-order valence-electron chi connectivity index (χ3n) is 2.88. The van der Waals surface area contributed by atoms with E-state index >= 15 is 0 Å². The third-order valence-corrected chi connectivity index (χ3v) is 3.38. The minimum absolute atomic E-state index is 0.0680. The molecule has 0 aliphatic heterocycles. The zero-order valence-electron chi connectivity index (χ0n) is 11.6. The monoisotopic (exact) mass is 314 g/mol. The molecule has 0 spiro atoms. The van der Waals surface area contributed by atoms with Gasteiger partial charge >= 0.3 is 0 Å². The first kappa shape index (κ1) is 15.7. The summed E-state index contributed by atoms with van der Waals surface area (Å²) >= 11 is 3.45. The van der Waals surface area contributed by atoms with E-state index in [9.17, 15) is 5.11 Å². The number of aliphatic hydroxyl groups excluding tert-OH is 1. The number of rotatable bonds is 5. The molecular formula is C15H23BrO2. The number of benzene rings is 1. The van der Waals surface area contributed by atoms with Crippen LogP contribution < -0.4 is 0 Å². The maximum absolute atomic E-state index is 10.4. The highest BCUT2D eigenvalue weighted by atomic mass is 79.9. The zero-order valence-corrected chi connectivity index (χ0v) is 13.2. The van der Waals surface area contributed by atoms with E-state index in [1.165, 1.54) is 0 Å². The van der Waals surface area contributed by atoms with Gasteiger partial charge in [-0.15, -0.1) is 0 Å². The fraction of sp³-hybridized carbons (Fsp3) is 0.600. The van der Waals surface area contributed by atoms with Crippen LogP contribution in [0.3, 0.4) is 0 Å². The van der Waals surface area contributed by atoms with E-state index in [1.54, 1.807) is 0 Å². The molecule has 1 aromatic rings. The predicted octanol–water partition coefficient (Wildman–Crippen LogP) is 3.80. The first-order valence-corrected chi connectivity index (χ1v) is 7.18. The van der Waals surface area contributed by atoms with E-state index in [0.717, 1.165) is 10.0 Å². The molecule has 0 bridgehead atoms. The average Bonchev–Trinajstić information content (AvgIpc) is 2.24. The van der Waals surface area contributed by atoms with Crippen molar-refractivity contribution in [2.75, 3.05) is 6.61 Å². The van der Waals surface area contributed by atoms with Gasteiger partial charge in [0, 0.05) is 17.5 Å². The van der Waals surface area contributed by atoms with E-state index in [0.29, 0.717) is 13.0 Å². The van der Waals surface area contributed by atoms with Crippen LogP contribution in [0.25, 0.3) is 0 Å². The summed E-state index contributed by atoms with van der Waals surface area (Å²) in [6.45, 7) is 8.87. The Kier molecular flexibility index (Phi) is 5.83. The fourth-order valence-corrected chi connectivity index (χ4v) is 2.58. The van der Waals surface area contributed by atoms with Gasteiger partial charge in [0.05, 0.1) is 12.2 Å². The van der Waals surface area contributed by atoms with E-state index in [4.69, 9.17) is 4.74 Å². The summed E-state index contributed by atoms with van der Waals surface area (Å²) in [4.78, 5) is 0. The smallest absolute Gasteiger partial charge is 0.0885 e. The molecule has 2 nitrogen and oxygen atoms in total. The second-order valence-corrected chi connectivity index (χ2v) is 6.56. The molecule has 0 aromatic heterocycles. The predicted molar refractivity (Wildman–Crippen MR) is 78.7 cm³/mol. The van der Waals surface area contributed by atoms with Gasteiger partial charge in [0.2, 0.25) is 0 Å². The van der Waals surface area contributed by atoms with E-state index in [1.807, 2.05) is 31.2 Å². The molecule has 1 aromatic carbocycles. The number of halogens is 1. The van der Waals surface area contributed by atoms with Crippen molar-refractivity contribution < 1.29 is 9.84 Å². The number of aliphatic hydroxyl groups is 1. The van der Waals surface area contributed by atoms with Gasteiger partial charge in [0.1, 0.15) is 0 Å². The normalized spacial score (nSPS) is 15.4. The van der Waals surface area contributed by atoms with Crippen LogP contribution in [0, 0.1) is 5.41 Å². The summed E-state index contributed by atoms with van der Waals surface area (Å²) in [6.07, 6.45) is -0.0257. The lowest BCUT2D eigenvalue weighted by atomic mass is 9.83. The molecule has 0 aliphatic carbocycles. The standard InChI is InChI=1S/C15H23BrO2/c1-5-18-14(15(2,3)4)13(17)10-11-7-6-8-12(16)9-11/h6-9,13-14,17H,5,10H2,1-4H3. The van der Waals surface area contributed by atoms with Crippen LogP contribution in [-0.2, 0) is 11.2 Å². The minimum atomic E-state index is -0.487. The molecule has 0 aliphatic rings. The molecule has 0 saturated heterocycles. The maximum atomic E-state index is 10.4. The molecule has 1 N–H and O–H groups in total. The van der Waals surface area contributed by atoms with Gasteiger partial charge in [-0.3, -0.25) is 0 Å². The van der Waals surface area contributed by atoms with Gasteiger partial charge in [-0.1, -0.05) is 48.8 Å². The highest BCUT2D eigenvalue weighted by Crippen LogP contribution is 2.27. The highest BCUT2D eigenvalue weighted by Gasteiger charge is 2.31. The minimum Gasteiger partial charge on any atom is -0.390 e. The Morgan fingerprint density at radius 2 is 2.00 bits per heavy atom. The Balaban J connectivity index is 2.75. The second kappa shape index (κ2) is 6.69. The Morgan fingerprint density at radius 1 is 1.33 bits per heavy atom. The van der Waals surface area contributed by atoms with Crippen LogP contribution in [0.15, 0.2) is 28.7 Å². The lowest BCUT2D eigenvalue weighted by molar-refractivity contribution is -0.0873. The first-order chi connectivity index (χ1) is 8.34. The lowest BCUT2D eigenvalue weighted by Crippen LogP contribution is -2.41. The largest absolute Gasteiger partial charge is 0.390 e. The van der Waals surface area contributed by atoms with Crippen LogP contribution >= 0.6 is 15.9 Å². The van der Waals surface area contributed by atoms with Crippen molar-refractivity contribution in [1.82, 2.24) is 0 Å². The van der Waals surface area contributed by atoms with Gasteiger partial charge < -0.3 is 9.84 Å². The summed E-state index contributed by atoms with van der Waals surface area (Å²) in [5.74, 6) is 0. The third kappa shape index (κ3) is 4.71. The Morgan fingerprint density at radius 3 is 2.50 bits per heavy atom. The SMILES string of the molecule is CCOC(C(O)Cc1cccc(Br)c1)C(C)(C)C. The van der Waals surface area contributed by atoms with Gasteiger partial charge in [0.15, 0.2) is 0 Å². The Labute approximate surface area is 118 Å². The zero-order chi connectivity index (χ0) is 13.8. The van der Waals surface area contributed by atoms with E-state index < -0.39 is 6.10 Å². The average molecular weight is 315 g/mol. The van der Waals surface area contributed by atoms with Crippen molar-refractivity contribution in [1.29, 1.82) is 0 Å². The van der Waals surface area contributed by atoms with Crippen molar-refractivity contribution in [3.63, 3.8) is 0 Å². The molecule has 0 fully saturated rings. The number of ether oxygens (including phenoxy) is 1. The first-order valence-electron chi connectivity index (χ1n) is 6.38. The molecule has 0 saturated carbocycles. The van der Waals surface area contributed by atoms with Crippen molar-refractivity contribution in [2.45, 2.75) is 46.3 Å². The van der Waals surface area contributed by atoms with Gasteiger partial charge in [0.25, 0.3) is 0 Å². The topological polar surface area (TPSA) is 29.5 Å². The van der Waals surface area contributed by atoms with Crippen molar-refractivity contribution in [3.8, 4) is 0 Å². The molecule has 2 atom stereocenters. The summed E-state index contributed by atoms with van der Waals surface area (Å²) < 4.78 is 6.75. The summed E-state index contributed by atoms with van der Waals surface area (Å²) in [7, 11) is 0. The Hall–Kier alpha value is -0.380. The van der Waals surface area contributed by atoms with Crippen molar-refractivity contribution >= 4 is 15.9 Å². The molecule has 1 rings (SSSR count). The number of hydrogen-bond donors (Lipinski definition) is 1. The molecular weight excluding hydrogens is 292 g/mol. The molecule has 18 heavy (non-hydrogen) atoms. The lowest BCUT2D eigenvalue weighted by Gasteiger charge is -2.34. The fourth-order valence-electron chi connectivity index (χ4n) is 2.13. The summed E-state index contributed by atoms with van der Waals surface area (Å²) in [6, 6.07) is 8.03. The molecule has 2 unspecified atom stereocenters. The van der Waals surface area contributed by atoms with Crippen LogP contribution in [0.5, 0.6) is 0 Å². The van der Waals surface area contributed by atoms with Gasteiger partial charge in [-0.25, -0.2) is 0 Å². The van der Waals surface area contributed by atoms with E-state index in [2.05, 4.69) is 36.7 Å². The van der Waals surface area contributed by atoms with Crippen LogP contribution in [0.4, 0.5) is 0 Å². The number of hydrogen-bond acceptors (Lipinski definition) is 2. The summed E-state index contributed by atoms with van der Waals surface area (Å²) in [5.41, 5.74) is 1.05. The van der Waals surface area contributed by atoms with E-state index in [-0.39, 0.29) is 11.5 Å². The quantitative estimate of drug-likeness (QED) is 0.895. The van der Waals surface area contributed by atoms with Crippen LogP contribution in [0.2, 0.25) is 0 Å². The van der Waals surface area contributed by atoms with Crippen molar-refractivity contribution in [3.05, 3.63) is 34.3 Å². The van der Waals surface area contributed by atoms with Crippen LogP contribution in [-0.4, -0.2) is 23.9 Å². The molecule has 0 radical (unpaired) electrons. The molecule has 102 valence electrons. The Bertz CT molecular complexity index is 371. The second-order valence-electron chi connectivity index (χ2n) is 5.64. The maximum Gasteiger partial charge on any atom is 0.0885 e. The molecule has 0 heterocycles. The summed E-state index contributed by atoms with van der Waals surface area (Å²) in [5, 5.41) is 10.4. The van der Waals surface area contributed by atoms with Gasteiger partial charge in [-0.05, 0) is 30.0 Å². The van der Waals surface area contributed by atoms with Crippen molar-refractivity contribution in [2.24, 2.45) is 5.41 Å². The highest BCUT2D eigenvalue weighted by molar-refractivity contribution is 9.10. The van der Waals surface area contributed by atoms with Crippen LogP contribution in [0.1, 0.15) is 33.3 Å².